The number of carbonyl (C=O) groups is 1. The Labute approximate surface area is 105 Å². The van der Waals surface area contributed by atoms with Crippen LogP contribution in [0.5, 0.6) is 0 Å². The maximum atomic E-state index is 11.9. The van der Waals surface area contributed by atoms with Crippen LogP contribution in [-0.4, -0.2) is 44.2 Å². The summed E-state index contributed by atoms with van der Waals surface area (Å²) in [6.45, 7) is 0. The molecular formula is C12H15N3O3. The van der Waals surface area contributed by atoms with E-state index < -0.39 is 0 Å². The molecule has 96 valence electrons. The van der Waals surface area contributed by atoms with Gasteiger partial charge in [0.25, 0.3) is 11.9 Å². The summed E-state index contributed by atoms with van der Waals surface area (Å²) in [6.07, 6.45) is 0. The number of hydrogen-bond donors (Lipinski definition) is 0. The molecule has 1 aromatic heterocycles. The number of hydrogen-bond acceptors (Lipinski definition) is 5. The molecule has 0 saturated carbocycles. The molecule has 0 spiro atoms. The molecule has 6 nitrogen and oxygen atoms in total. The van der Waals surface area contributed by atoms with E-state index in [0.717, 1.165) is 10.6 Å². The van der Waals surface area contributed by atoms with Gasteiger partial charge in [-0.1, -0.05) is 0 Å². The second-order valence-corrected chi connectivity index (χ2v) is 4.06. The minimum absolute atomic E-state index is 0.234. The number of amides is 1. The first-order chi connectivity index (χ1) is 8.52. The van der Waals surface area contributed by atoms with E-state index in [1.54, 1.807) is 30.1 Å². The maximum Gasteiger partial charge on any atom is 0.297 e. The van der Waals surface area contributed by atoms with Gasteiger partial charge in [-0.2, -0.15) is 4.98 Å². The van der Waals surface area contributed by atoms with Gasteiger partial charge in [-0.25, -0.2) is 5.06 Å². The lowest BCUT2D eigenvalue weighted by atomic mass is 10.2. The second kappa shape index (κ2) is 4.66. The average Bonchev–Trinajstić information content (AvgIpc) is 2.79. The molecule has 0 radical (unpaired) electrons. The van der Waals surface area contributed by atoms with Gasteiger partial charge < -0.3 is 9.32 Å². The van der Waals surface area contributed by atoms with Gasteiger partial charge in [-0.15, -0.1) is 0 Å². The van der Waals surface area contributed by atoms with E-state index in [2.05, 4.69) is 4.98 Å². The van der Waals surface area contributed by atoms with Crippen LogP contribution in [0.25, 0.3) is 11.1 Å². The first-order valence-electron chi connectivity index (χ1n) is 5.43. The van der Waals surface area contributed by atoms with Crippen LogP contribution < -0.4 is 4.90 Å². The lowest BCUT2D eigenvalue weighted by Gasteiger charge is -2.12. The number of anilines is 1. The van der Waals surface area contributed by atoms with Crippen molar-refractivity contribution < 1.29 is 14.0 Å². The van der Waals surface area contributed by atoms with Gasteiger partial charge >= 0.3 is 0 Å². The maximum absolute atomic E-state index is 11.9. The topological polar surface area (TPSA) is 58.8 Å². The van der Waals surface area contributed by atoms with Crippen LogP contribution in [0, 0.1) is 0 Å². The van der Waals surface area contributed by atoms with E-state index in [9.17, 15) is 4.79 Å². The molecule has 1 aromatic carbocycles. The number of nitrogens with zero attached hydrogens (tertiary/aromatic N) is 3. The van der Waals surface area contributed by atoms with Crippen LogP contribution in [0.3, 0.4) is 0 Å². The molecule has 18 heavy (non-hydrogen) atoms. The van der Waals surface area contributed by atoms with Crippen LogP contribution >= 0.6 is 0 Å². The highest BCUT2D eigenvalue weighted by molar-refractivity contribution is 5.96. The van der Waals surface area contributed by atoms with Crippen LogP contribution in [0.1, 0.15) is 10.4 Å². The zero-order chi connectivity index (χ0) is 13.3. The quantitative estimate of drug-likeness (QED) is 0.772. The third-order valence-corrected chi connectivity index (χ3v) is 2.57. The van der Waals surface area contributed by atoms with Crippen molar-refractivity contribution in [3.05, 3.63) is 23.8 Å². The van der Waals surface area contributed by atoms with Crippen molar-refractivity contribution in [3.8, 4) is 0 Å². The van der Waals surface area contributed by atoms with Gasteiger partial charge in [0, 0.05) is 26.7 Å². The van der Waals surface area contributed by atoms with Gasteiger partial charge in [0.2, 0.25) is 0 Å². The summed E-state index contributed by atoms with van der Waals surface area (Å²) < 4.78 is 5.54. The van der Waals surface area contributed by atoms with Crippen molar-refractivity contribution in [1.82, 2.24) is 10.0 Å². The Balaban J connectivity index is 2.41. The van der Waals surface area contributed by atoms with Crippen LogP contribution in [-0.2, 0) is 4.84 Å². The molecule has 0 aliphatic heterocycles. The Morgan fingerprint density at radius 1 is 1.33 bits per heavy atom. The number of benzene rings is 1. The standard InChI is InChI=1S/C12H15N3O3/c1-14(2)12-13-9-6-5-8(7-10(9)18-12)11(16)15(3)17-4/h5-7H,1-4H3. The molecular weight excluding hydrogens is 234 g/mol. The Bertz CT molecular complexity index is 577. The summed E-state index contributed by atoms with van der Waals surface area (Å²) in [5.41, 5.74) is 1.79. The van der Waals surface area contributed by atoms with Crippen LogP contribution in [0.15, 0.2) is 22.6 Å². The number of rotatable bonds is 3. The van der Waals surface area contributed by atoms with Crippen molar-refractivity contribution in [3.63, 3.8) is 0 Å². The van der Waals surface area contributed by atoms with Crippen molar-refractivity contribution >= 4 is 23.0 Å². The molecule has 1 heterocycles. The molecule has 0 aliphatic rings. The molecule has 2 aromatic rings. The van der Waals surface area contributed by atoms with E-state index in [0.29, 0.717) is 17.2 Å². The van der Waals surface area contributed by atoms with Crippen LogP contribution in [0.2, 0.25) is 0 Å². The van der Waals surface area contributed by atoms with Crippen molar-refractivity contribution in [2.45, 2.75) is 0 Å². The van der Waals surface area contributed by atoms with Gasteiger partial charge in [-0.05, 0) is 18.2 Å². The van der Waals surface area contributed by atoms with E-state index in [1.165, 1.54) is 7.11 Å². The van der Waals surface area contributed by atoms with Crippen molar-refractivity contribution in [2.24, 2.45) is 0 Å². The third kappa shape index (κ3) is 2.14. The number of hydroxylamine groups is 2. The molecule has 0 fully saturated rings. The predicted octanol–water partition coefficient (Wildman–Crippen LogP) is 1.53. The predicted molar refractivity (Wildman–Crippen MR) is 67.4 cm³/mol. The summed E-state index contributed by atoms with van der Waals surface area (Å²) in [4.78, 5) is 22.8. The van der Waals surface area contributed by atoms with E-state index >= 15 is 0 Å². The minimum Gasteiger partial charge on any atom is -0.423 e. The summed E-state index contributed by atoms with van der Waals surface area (Å²) >= 11 is 0. The van der Waals surface area contributed by atoms with Gasteiger partial charge in [0.15, 0.2) is 5.58 Å². The largest absolute Gasteiger partial charge is 0.423 e. The third-order valence-electron chi connectivity index (χ3n) is 2.57. The number of oxazole rings is 1. The first kappa shape index (κ1) is 12.4. The fourth-order valence-corrected chi connectivity index (χ4v) is 1.50. The molecule has 0 saturated heterocycles. The highest BCUT2D eigenvalue weighted by atomic mass is 16.7. The number of aromatic nitrogens is 1. The summed E-state index contributed by atoms with van der Waals surface area (Å²) in [5, 5.41) is 1.16. The molecule has 0 N–H and O–H groups in total. The lowest BCUT2D eigenvalue weighted by Crippen LogP contribution is -2.25. The molecule has 2 rings (SSSR count). The van der Waals surface area contributed by atoms with Crippen molar-refractivity contribution in [1.29, 1.82) is 0 Å². The molecule has 6 heteroatoms. The summed E-state index contributed by atoms with van der Waals surface area (Å²) in [7, 11) is 6.68. The highest BCUT2D eigenvalue weighted by Crippen LogP contribution is 2.22. The van der Waals surface area contributed by atoms with Crippen LogP contribution in [0.4, 0.5) is 6.01 Å². The Hall–Kier alpha value is -2.08. The first-order valence-corrected chi connectivity index (χ1v) is 5.43. The SMILES string of the molecule is CON(C)C(=O)c1ccc2nc(N(C)C)oc2c1. The van der Waals surface area contributed by atoms with Gasteiger partial charge in [0.05, 0.1) is 7.11 Å². The lowest BCUT2D eigenvalue weighted by molar-refractivity contribution is -0.0756. The number of carbonyl (C=O) groups excluding carboxylic acids is 1. The molecule has 0 atom stereocenters. The van der Waals surface area contributed by atoms with E-state index in [1.807, 2.05) is 14.1 Å². The number of fused-ring (bicyclic) bond motifs is 1. The molecule has 1 amide bonds. The van der Waals surface area contributed by atoms with E-state index in [-0.39, 0.29) is 5.91 Å². The highest BCUT2D eigenvalue weighted by Gasteiger charge is 2.14. The second-order valence-electron chi connectivity index (χ2n) is 4.06. The summed E-state index contributed by atoms with van der Waals surface area (Å²) in [6, 6.07) is 5.62. The Kier molecular flexibility index (Phi) is 3.20. The van der Waals surface area contributed by atoms with E-state index in [4.69, 9.17) is 9.25 Å². The molecule has 0 bridgehead atoms. The molecule has 0 unspecified atom stereocenters. The zero-order valence-electron chi connectivity index (χ0n) is 10.8. The van der Waals surface area contributed by atoms with Gasteiger partial charge in [-0.3, -0.25) is 9.63 Å². The monoisotopic (exact) mass is 249 g/mol. The zero-order valence-corrected chi connectivity index (χ0v) is 10.8. The van der Waals surface area contributed by atoms with Gasteiger partial charge in [0.1, 0.15) is 5.52 Å². The van der Waals surface area contributed by atoms with Crippen molar-refractivity contribution in [2.75, 3.05) is 33.2 Å². The smallest absolute Gasteiger partial charge is 0.297 e. The Morgan fingerprint density at radius 2 is 2.06 bits per heavy atom. The molecule has 0 aliphatic carbocycles. The summed E-state index contributed by atoms with van der Waals surface area (Å²) in [5.74, 6) is -0.234. The fraction of sp³-hybridized carbons (Fsp3) is 0.333. The normalized spacial score (nSPS) is 10.7. The average molecular weight is 249 g/mol. The minimum atomic E-state index is -0.234. The fourth-order valence-electron chi connectivity index (χ4n) is 1.50. The Morgan fingerprint density at radius 3 is 2.67 bits per heavy atom.